The van der Waals surface area contributed by atoms with Crippen molar-refractivity contribution in [2.75, 3.05) is 12.4 Å². The molecule has 1 heterocycles. The van der Waals surface area contributed by atoms with Gasteiger partial charge in [-0.25, -0.2) is 8.78 Å². The van der Waals surface area contributed by atoms with Crippen LogP contribution in [0.3, 0.4) is 0 Å². The Morgan fingerprint density at radius 1 is 1.33 bits per heavy atom. The summed E-state index contributed by atoms with van der Waals surface area (Å²) in [6, 6.07) is 0. The minimum atomic E-state index is -2.58. The Kier molecular flexibility index (Phi) is 3.38. The van der Waals surface area contributed by atoms with Gasteiger partial charge in [0.2, 0.25) is 0 Å². The molecule has 0 amide bonds. The van der Waals surface area contributed by atoms with E-state index in [2.05, 4.69) is 0 Å². The summed E-state index contributed by atoms with van der Waals surface area (Å²) in [5.74, 6) is -2.15. The maximum absolute atomic E-state index is 13.5. The SMILES string of the molecule is CC(C)(C)N1CC(F)(F)CC1(C)CCCl. The van der Waals surface area contributed by atoms with Gasteiger partial charge in [-0.2, -0.15) is 0 Å². The van der Waals surface area contributed by atoms with Gasteiger partial charge in [0.1, 0.15) is 0 Å². The van der Waals surface area contributed by atoms with Crippen LogP contribution >= 0.6 is 11.6 Å². The van der Waals surface area contributed by atoms with E-state index in [1.807, 2.05) is 32.6 Å². The summed E-state index contributed by atoms with van der Waals surface area (Å²) >= 11 is 5.71. The van der Waals surface area contributed by atoms with Gasteiger partial charge in [-0.05, 0) is 34.1 Å². The zero-order valence-electron chi connectivity index (χ0n) is 9.91. The Labute approximate surface area is 95.8 Å². The van der Waals surface area contributed by atoms with Gasteiger partial charge in [-0.3, -0.25) is 4.90 Å². The molecule has 1 unspecified atom stereocenters. The fraction of sp³-hybridized carbons (Fsp3) is 1.00. The minimum absolute atomic E-state index is 0.0794. The smallest absolute Gasteiger partial charge is 0.262 e. The molecule has 1 aliphatic heterocycles. The van der Waals surface area contributed by atoms with Crippen molar-refractivity contribution in [2.45, 2.75) is 57.5 Å². The summed E-state index contributed by atoms with van der Waals surface area (Å²) in [6.45, 7) is 7.66. The van der Waals surface area contributed by atoms with E-state index in [0.29, 0.717) is 12.3 Å². The average Bonchev–Trinajstić information content (AvgIpc) is 2.20. The predicted molar refractivity (Wildman–Crippen MR) is 59.8 cm³/mol. The molecule has 1 rings (SSSR count). The molecule has 0 aromatic heterocycles. The third kappa shape index (κ3) is 2.82. The molecule has 4 heteroatoms. The normalized spacial score (nSPS) is 32.2. The van der Waals surface area contributed by atoms with Crippen LogP contribution in [0.1, 0.15) is 40.5 Å². The fourth-order valence-electron chi connectivity index (χ4n) is 2.60. The van der Waals surface area contributed by atoms with Crippen LogP contribution < -0.4 is 0 Å². The van der Waals surface area contributed by atoms with E-state index >= 15 is 0 Å². The first-order valence-corrected chi connectivity index (χ1v) is 5.86. The van der Waals surface area contributed by atoms with Crippen LogP contribution in [0, 0.1) is 0 Å². The molecule has 1 aliphatic rings. The quantitative estimate of drug-likeness (QED) is 0.667. The van der Waals surface area contributed by atoms with Crippen molar-refractivity contribution in [3.8, 4) is 0 Å². The molecule has 0 aromatic carbocycles. The largest absolute Gasteiger partial charge is 0.287 e. The zero-order valence-corrected chi connectivity index (χ0v) is 10.7. The maximum atomic E-state index is 13.5. The highest BCUT2D eigenvalue weighted by Crippen LogP contribution is 2.44. The van der Waals surface area contributed by atoms with E-state index in [0.717, 1.165) is 0 Å². The molecule has 0 aromatic rings. The van der Waals surface area contributed by atoms with Crippen LogP contribution in [-0.4, -0.2) is 34.3 Å². The molecule has 1 atom stereocenters. The topological polar surface area (TPSA) is 3.24 Å². The van der Waals surface area contributed by atoms with Crippen molar-refractivity contribution in [3.05, 3.63) is 0 Å². The lowest BCUT2D eigenvalue weighted by molar-refractivity contribution is 0.000116. The number of likely N-dealkylation sites (tertiary alicyclic amines) is 1. The standard InChI is InChI=1S/C11H20ClF2N/c1-9(2,3)15-8-11(13,14)7-10(15,4)5-6-12/h5-8H2,1-4H3. The third-order valence-electron chi connectivity index (χ3n) is 3.12. The lowest BCUT2D eigenvalue weighted by Gasteiger charge is -2.43. The van der Waals surface area contributed by atoms with Crippen LogP contribution in [0.5, 0.6) is 0 Å². The number of halogens is 3. The Morgan fingerprint density at radius 3 is 2.27 bits per heavy atom. The molecular weight excluding hydrogens is 220 g/mol. The molecule has 90 valence electrons. The Bertz CT molecular complexity index is 237. The number of hydrogen-bond acceptors (Lipinski definition) is 1. The van der Waals surface area contributed by atoms with Gasteiger partial charge in [0.25, 0.3) is 5.92 Å². The molecule has 1 nitrogen and oxygen atoms in total. The number of alkyl halides is 3. The summed E-state index contributed by atoms with van der Waals surface area (Å²) in [4.78, 5) is 1.89. The Morgan fingerprint density at radius 2 is 1.87 bits per heavy atom. The van der Waals surface area contributed by atoms with Crippen LogP contribution in [-0.2, 0) is 0 Å². The first-order valence-electron chi connectivity index (χ1n) is 5.32. The van der Waals surface area contributed by atoms with Gasteiger partial charge < -0.3 is 0 Å². The summed E-state index contributed by atoms with van der Waals surface area (Å²) in [5, 5.41) is 0. The van der Waals surface area contributed by atoms with E-state index in [9.17, 15) is 8.78 Å². The molecule has 0 spiro atoms. The molecule has 1 saturated heterocycles. The molecule has 15 heavy (non-hydrogen) atoms. The van der Waals surface area contributed by atoms with Crippen LogP contribution in [0.25, 0.3) is 0 Å². The van der Waals surface area contributed by atoms with E-state index in [4.69, 9.17) is 11.6 Å². The predicted octanol–water partition coefficient (Wildman–Crippen LogP) is 3.51. The maximum Gasteiger partial charge on any atom is 0.262 e. The van der Waals surface area contributed by atoms with Crippen molar-refractivity contribution < 1.29 is 8.78 Å². The van der Waals surface area contributed by atoms with E-state index < -0.39 is 11.5 Å². The van der Waals surface area contributed by atoms with Crippen molar-refractivity contribution >= 4 is 11.6 Å². The second-order valence-corrected chi connectivity index (χ2v) is 6.10. The summed E-state index contributed by atoms with van der Waals surface area (Å²) in [5.41, 5.74) is -0.704. The highest BCUT2D eigenvalue weighted by Gasteiger charge is 2.54. The van der Waals surface area contributed by atoms with Crippen molar-refractivity contribution in [3.63, 3.8) is 0 Å². The van der Waals surface area contributed by atoms with E-state index in [-0.39, 0.29) is 18.5 Å². The Hall–Kier alpha value is 0.110. The molecule has 0 aliphatic carbocycles. The van der Waals surface area contributed by atoms with Gasteiger partial charge >= 0.3 is 0 Å². The van der Waals surface area contributed by atoms with Gasteiger partial charge in [0, 0.05) is 23.4 Å². The van der Waals surface area contributed by atoms with Gasteiger partial charge in [-0.15, -0.1) is 11.6 Å². The lowest BCUT2D eigenvalue weighted by Crippen LogP contribution is -2.52. The first kappa shape index (κ1) is 13.2. The van der Waals surface area contributed by atoms with Crippen molar-refractivity contribution in [2.24, 2.45) is 0 Å². The summed E-state index contributed by atoms with van der Waals surface area (Å²) < 4.78 is 26.9. The molecule has 0 radical (unpaired) electrons. The summed E-state index contributed by atoms with van der Waals surface area (Å²) in [6.07, 6.45) is 0.533. The number of nitrogens with zero attached hydrogens (tertiary/aromatic N) is 1. The highest BCUT2D eigenvalue weighted by molar-refractivity contribution is 6.17. The van der Waals surface area contributed by atoms with E-state index in [1.165, 1.54) is 0 Å². The fourth-order valence-corrected chi connectivity index (χ4v) is 3.01. The second kappa shape index (κ2) is 3.85. The van der Waals surface area contributed by atoms with Crippen LogP contribution in [0.15, 0.2) is 0 Å². The van der Waals surface area contributed by atoms with Gasteiger partial charge in [-0.1, -0.05) is 0 Å². The van der Waals surface area contributed by atoms with Gasteiger partial charge in [0.15, 0.2) is 0 Å². The highest BCUT2D eigenvalue weighted by atomic mass is 35.5. The minimum Gasteiger partial charge on any atom is -0.287 e. The van der Waals surface area contributed by atoms with Gasteiger partial charge in [0.05, 0.1) is 6.54 Å². The first-order chi connectivity index (χ1) is 6.61. The monoisotopic (exact) mass is 239 g/mol. The number of rotatable bonds is 2. The molecule has 1 fully saturated rings. The van der Waals surface area contributed by atoms with Crippen LogP contribution in [0.2, 0.25) is 0 Å². The number of hydrogen-bond donors (Lipinski definition) is 0. The zero-order chi connectivity index (χ0) is 11.9. The lowest BCUT2D eigenvalue weighted by atomic mass is 9.91. The molecule has 0 saturated carbocycles. The van der Waals surface area contributed by atoms with E-state index in [1.54, 1.807) is 0 Å². The molecule has 0 bridgehead atoms. The average molecular weight is 240 g/mol. The van der Waals surface area contributed by atoms with Crippen molar-refractivity contribution in [1.82, 2.24) is 4.90 Å². The Balaban J connectivity index is 2.93. The molecule has 0 N–H and O–H groups in total. The van der Waals surface area contributed by atoms with Crippen LogP contribution in [0.4, 0.5) is 8.78 Å². The molecular formula is C11H20ClF2N. The third-order valence-corrected chi connectivity index (χ3v) is 3.31. The second-order valence-electron chi connectivity index (χ2n) is 5.73. The van der Waals surface area contributed by atoms with Crippen molar-refractivity contribution in [1.29, 1.82) is 0 Å². The summed E-state index contributed by atoms with van der Waals surface area (Å²) in [7, 11) is 0.